The molecular weight excluding hydrogens is 232 g/mol. The molecule has 1 aliphatic rings. The maximum Gasteiger partial charge on any atom is 0.240 e. The largest absolute Gasteiger partial charge is 0.340 e. The van der Waals surface area contributed by atoms with Crippen molar-refractivity contribution in [1.29, 1.82) is 0 Å². The Hall–Kier alpha value is -0.220. The van der Waals surface area contributed by atoms with Gasteiger partial charge >= 0.3 is 0 Å². The molecule has 1 saturated carbocycles. The highest BCUT2D eigenvalue weighted by Gasteiger charge is 2.36. The molecule has 17 heavy (non-hydrogen) atoms. The fraction of sp³-hybridized carbons (Fsp3) is 0.923. The average molecular weight is 258 g/mol. The number of carbonyl (C=O) groups excluding carboxylic acids is 1. The Morgan fingerprint density at radius 3 is 2.47 bits per heavy atom. The smallest absolute Gasteiger partial charge is 0.240 e. The summed E-state index contributed by atoms with van der Waals surface area (Å²) in [5.74, 6) is 0.0865. The zero-order chi connectivity index (χ0) is 13.2. The maximum atomic E-state index is 12.3. The van der Waals surface area contributed by atoms with Crippen molar-refractivity contribution in [2.24, 2.45) is 11.1 Å². The standard InChI is InChI=1S/C13H26N2OS/c1-13(2,3)11(14)12(16)15(4)9-7-6-8-10(9)17-5/h9-11H,6-8,14H2,1-5H3/t9-,10+,11+/m0/s1. The van der Waals surface area contributed by atoms with Crippen LogP contribution in [-0.2, 0) is 4.79 Å². The Labute approximate surface area is 109 Å². The molecule has 3 atom stereocenters. The SMILES string of the molecule is CS[C@@H]1CCC[C@@H]1N(C)C(=O)[C@@H](N)C(C)(C)C. The third-order valence-electron chi connectivity index (χ3n) is 3.76. The van der Waals surface area contributed by atoms with Crippen LogP contribution >= 0.6 is 11.8 Å². The molecule has 0 radical (unpaired) electrons. The first kappa shape index (κ1) is 14.8. The zero-order valence-corrected chi connectivity index (χ0v) is 12.5. The van der Waals surface area contributed by atoms with Gasteiger partial charge in [-0.2, -0.15) is 11.8 Å². The zero-order valence-electron chi connectivity index (χ0n) is 11.7. The van der Waals surface area contributed by atoms with Crippen LogP contribution in [0.15, 0.2) is 0 Å². The molecule has 0 aromatic rings. The Bertz CT molecular complexity index is 275. The molecule has 0 aromatic heterocycles. The molecule has 0 saturated heterocycles. The van der Waals surface area contributed by atoms with Crippen molar-refractivity contribution >= 4 is 17.7 Å². The summed E-state index contributed by atoms with van der Waals surface area (Å²) >= 11 is 1.87. The quantitative estimate of drug-likeness (QED) is 0.843. The predicted molar refractivity (Wildman–Crippen MR) is 75.1 cm³/mol. The van der Waals surface area contributed by atoms with Gasteiger partial charge in [0.1, 0.15) is 0 Å². The second-order valence-corrected chi connectivity index (χ2v) is 7.14. The van der Waals surface area contributed by atoms with Crippen LogP contribution < -0.4 is 5.73 Å². The van der Waals surface area contributed by atoms with Crippen LogP contribution in [0, 0.1) is 5.41 Å². The topological polar surface area (TPSA) is 46.3 Å². The van der Waals surface area contributed by atoms with Gasteiger partial charge in [0.25, 0.3) is 0 Å². The number of likely N-dealkylation sites (N-methyl/N-ethyl adjacent to an activating group) is 1. The van der Waals surface area contributed by atoms with Crippen molar-refractivity contribution < 1.29 is 4.79 Å². The fourth-order valence-corrected chi connectivity index (χ4v) is 3.41. The van der Waals surface area contributed by atoms with Crippen LogP contribution in [0.3, 0.4) is 0 Å². The number of carbonyl (C=O) groups is 1. The van der Waals surface area contributed by atoms with Crippen molar-refractivity contribution in [3.63, 3.8) is 0 Å². The fourth-order valence-electron chi connectivity index (χ4n) is 2.38. The Morgan fingerprint density at radius 1 is 1.41 bits per heavy atom. The van der Waals surface area contributed by atoms with E-state index < -0.39 is 6.04 Å². The highest BCUT2D eigenvalue weighted by atomic mass is 32.2. The minimum absolute atomic E-state index is 0.0865. The summed E-state index contributed by atoms with van der Waals surface area (Å²) in [5.41, 5.74) is 5.88. The summed E-state index contributed by atoms with van der Waals surface area (Å²) in [7, 11) is 1.91. The van der Waals surface area contributed by atoms with Gasteiger partial charge in [0.2, 0.25) is 5.91 Å². The number of hydrogen-bond acceptors (Lipinski definition) is 3. The van der Waals surface area contributed by atoms with E-state index in [9.17, 15) is 4.79 Å². The molecule has 3 nitrogen and oxygen atoms in total. The maximum absolute atomic E-state index is 12.3. The second-order valence-electron chi connectivity index (χ2n) is 6.07. The van der Waals surface area contributed by atoms with Gasteiger partial charge in [-0.15, -0.1) is 0 Å². The number of amides is 1. The van der Waals surface area contributed by atoms with Crippen molar-refractivity contribution in [3.8, 4) is 0 Å². The first-order valence-corrected chi connectivity index (χ1v) is 7.63. The summed E-state index contributed by atoms with van der Waals surface area (Å²) in [4.78, 5) is 14.2. The molecule has 0 spiro atoms. The predicted octanol–water partition coefficient (Wildman–Crippen LogP) is 2.10. The molecule has 1 rings (SSSR count). The molecular formula is C13H26N2OS. The van der Waals surface area contributed by atoms with Gasteiger partial charge in [-0.1, -0.05) is 27.2 Å². The van der Waals surface area contributed by atoms with Crippen LogP contribution in [0.2, 0.25) is 0 Å². The van der Waals surface area contributed by atoms with Gasteiger partial charge < -0.3 is 10.6 Å². The number of rotatable bonds is 3. The summed E-state index contributed by atoms with van der Waals surface area (Å²) in [6.45, 7) is 6.05. The molecule has 1 amide bonds. The molecule has 1 aliphatic carbocycles. The first-order chi connectivity index (χ1) is 7.79. The summed E-state index contributed by atoms with van der Waals surface area (Å²) in [5, 5.41) is 0.580. The number of nitrogens with zero attached hydrogens (tertiary/aromatic N) is 1. The van der Waals surface area contributed by atoms with Crippen LogP contribution in [0.25, 0.3) is 0 Å². The summed E-state index contributed by atoms with van der Waals surface area (Å²) in [6.07, 6.45) is 5.68. The minimum Gasteiger partial charge on any atom is -0.340 e. The van der Waals surface area contributed by atoms with Crippen molar-refractivity contribution in [3.05, 3.63) is 0 Å². The number of hydrogen-bond donors (Lipinski definition) is 1. The normalized spacial score (nSPS) is 26.9. The molecule has 100 valence electrons. The average Bonchev–Trinajstić information content (AvgIpc) is 2.72. The lowest BCUT2D eigenvalue weighted by Crippen LogP contribution is -2.53. The Balaban J connectivity index is 2.69. The monoisotopic (exact) mass is 258 g/mol. The highest BCUT2D eigenvalue weighted by Crippen LogP contribution is 2.32. The number of nitrogens with two attached hydrogens (primary N) is 1. The van der Waals surface area contributed by atoms with E-state index in [1.807, 2.05) is 44.5 Å². The van der Waals surface area contributed by atoms with Gasteiger partial charge in [0.15, 0.2) is 0 Å². The van der Waals surface area contributed by atoms with Gasteiger partial charge in [-0.25, -0.2) is 0 Å². The third kappa shape index (κ3) is 3.38. The van der Waals surface area contributed by atoms with Gasteiger partial charge in [0.05, 0.1) is 6.04 Å². The van der Waals surface area contributed by atoms with E-state index in [0.29, 0.717) is 11.3 Å². The lowest BCUT2D eigenvalue weighted by atomic mass is 9.86. The molecule has 0 heterocycles. The van der Waals surface area contributed by atoms with E-state index in [4.69, 9.17) is 5.73 Å². The molecule has 0 aromatic carbocycles. The van der Waals surface area contributed by atoms with Crippen molar-refractivity contribution in [2.75, 3.05) is 13.3 Å². The van der Waals surface area contributed by atoms with Crippen LogP contribution in [0.1, 0.15) is 40.0 Å². The van der Waals surface area contributed by atoms with E-state index in [0.717, 1.165) is 6.42 Å². The summed E-state index contributed by atoms with van der Waals surface area (Å²) in [6, 6.07) is -0.0403. The van der Waals surface area contributed by atoms with Crippen molar-refractivity contribution in [1.82, 2.24) is 4.90 Å². The highest BCUT2D eigenvalue weighted by molar-refractivity contribution is 7.99. The van der Waals surface area contributed by atoms with Gasteiger partial charge in [-0.05, 0) is 24.5 Å². The van der Waals surface area contributed by atoms with E-state index >= 15 is 0 Å². The molecule has 0 aliphatic heterocycles. The van der Waals surface area contributed by atoms with Gasteiger partial charge in [0, 0.05) is 18.3 Å². The van der Waals surface area contributed by atoms with E-state index in [1.165, 1.54) is 12.8 Å². The van der Waals surface area contributed by atoms with E-state index in [2.05, 4.69) is 6.26 Å². The van der Waals surface area contributed by atoms with Crippen LogP contribution in [-0.4, -0.2) is 41.4 Å². The lowest BCUT2D eigenvalue weighted by Gasteiger charge is -2.35. The third-order valence-corrected chi connectivity index (χ3v) is 4.92. The number of thioether (sulfide) groups is 1. The van der Waals surface area contributed by atoms with Crippen molar-refractivity contribution in [2.45, 2.75) is 57.4 Å². The Morgan fingerprint density at radius 2 is 2.00 bits per heavy atom. The van der Waals surface area contributed by atoms with Crippen LogP contribution in [0.5, 0.6) is 0 Å². The molecule has 2 N–H and O–H groups in total. The second kappa shape index (κ2) is 5.61. The molecule has 0 unspecified atom stereocenters. The first-order valence-electron chi connectivity index (χ1n) is 6.34. The molecule has 4 heteroatoms. The van der Waals surface area contributed by atoms with Gasteiger partial charge in [-0.3, -0.25) is 4.79 Å². The molecule has 0 bridgehead atoms. The summed E-state index contributed by atoms with van der Waals surface area (Å²) < 4.78 is 0. The van der Waals surface area contributed by atoms with Crippen LogP contribution in [0.4, 0.5) is 0 Å². The van der Waals surface area contributed by atoms with E-state index in [1.54, 1.807) is 0 Å². The lowest BCUT2D eigenvalue weighted by molar-refractivity contribution is -0.135. The van der Waals surface area contributed by atoms with E-state index in [-0.39, 0.29) is 11.3 Å². The molecule has 1 fully saturated rings. The Kier molecular flexibility index (Phi) is 4.90. The minimum atomic E-state index is -0.407.